The van der Waals surface area contributed by atoms with Gasteiger partial charge in [0.25, 0.3) is 0 Å². The van der Waals surface area contributed by atoms with Gasteiger partial charge in [0.05, 0.1) is 11.6 Å². The van der Waals surface area contributed by atoms with Gasteiger partial charge in [-0.1, -0.05) is 61.7 Å². The molecule has 1 unspecified atom stereocenters. The molecule has 1 N–H and O–H groups in total. The summed E-state index contributed by atoms with van der Waals surface area (Å²) < 4.78 is 0. The van der Waals surface area contributed by atoms with Crippen molar-refractivity contribution >= 4 is 16.7 Å². The number of benzene rings is 2. The lowest BCUT2D eigenvalue weighted by molar-refractivity contribution is 0.320. The van der Waals surface area contributed by atoms with E-state index in [1.54, 1.807) is 6.33 Å². The number of anilines is 1. The molecule has 1 aromatic heterocycles. The highest BCUT2D eigenvalue weighted by atomic mass is 15.0. The fourth-order valence-electron chi connectivity index (χ4n) is 3.87. The fourth-order valence-corrected chi connectivity index (χ4v) is 3.87. The first-order chi connectivity index (χ1) is 11.9. The van der Waals surface area contributed by atoms with E-state index in [0.29, 0.717) is 12.0 Å². The van der Waals surface area contributed by atoms with Crippen LogP contribution in [0.3, 0.4) is 0 Å². The first-order valence-electron chi connectivity index (χ1n) is 8.93. The van der Waals surface area contributed by atoms with Gasteiger partial charge in [-0.05, 0) is 36.5 Å². The minimum Gasteiger partial charge on any atom is -0.362 e. The number of rotatable bonds is 4. The van der Waals surface area contributed by atoms with Gasteiger partial charge in [-0.2, -0.15) is 0 Å². The predicted molar refractivity (Wildman–Crippen MR) is 98.9 cm³/mol. The van der Waals surface area contributed by atoms with Crippen LogP contribution in [0.4, 0.5) is 5.82 Å². The predicted octanol–water partition coefficient (Wildman–Crippen LogP) is 5.36. The van der Waals surface area contributed by atoms with Gasteiger partial charge in [0.15, 0.2) is 0 Å². The summed E-state index contributed by atoms with van der Waals surface area (Å²) in [6.07, 6.45) is 8.27. The average Bonchev–Trinajstić information content (AvgIpc) is 2.67. The lowest BCUT2D eigenvalue weighted by Crippen LogP contribution is -2.23. The Kier molecular flexibility index (Phi) is 4.41. The molecule has 1 aliphatic carbocycles. The van der Waals surface area contributed by atoms with Crippen molar-refractivity contribution in [1.82, 2.24) is 9.97 Å². The molecular formula is C21H23N3. The molecule has 24 heavy (non-hydrogen) atoms. The van der Waals surface area contributed by atoms with Crippen LogP contribution in [0.15, 0.2) is 60.9 Å². The zero-order valence-corrected chi connectivity index (χ0v) is 13.9. The molecule has 122 valence electrons. The highest BCUT2D eigenvalue weighted by molar-refractivity contribution is 5.88. The number of aromatic nitrogens is 2. The molecule has 1 aliphatic rings. The smallest absolute Gasteiger partial charge is 0.137 e. The van der Waals surface area contributed by atoms with Gasteiger partial charge < -0.3 is 5.32 Å². The molecule has 0 spiro atoms. The van der Waals surface area contributed by atoms with E-state index in [1.165, 1.54) is 37.7 Å². The van der Waals surface area contributed by atoms with Crippen molar-refractivity contribution in [1.29, 1.82) is 0 Å². The van der Waals surface area contributed by atoms with Crippen molar-refractivity contribution in [3.8, 4) is 0 Å². The van der Waals surface area contributed by atoms with Gasteiger partial charge in [-0.3, -0.25) is 0 Å². The molecule has 3 heteroatoms. The van der Waals surface area contributed by atoms with E-state index in [9.17, 15) is 0 Å². The topological polar surface area (TPSA) is 37.8 Å². The molecule has 2 aromatic carbocycles. The standard InChI is InChI=1S/C21H23N3/c1-3-9-16(10-4-1)20(17-11-5-2-6-12-17)24-21-18-13-7-8-14-19(18)22-15-23-21/h1,3-4,7-10,13-15,17,20H,2,5-6,11-12H2,(H,22,23,24). The van der Waals surface area contributed by atoms with E-state index < -0.39 is 0 Å². The first-order valence-corrected chi connectivity index (χ1v) is 8.93. The van der Waals surface area contributed by atoms with Crippen LogP contribution in [0.2, 0.25) is 0 Å². The second kappa shape index (κ2) is 7.00. The average molecular weight is 317 g/mol. The molecule has 0 saturated heterocycles. The summed E-state index contributed by atoms with van der Waals surface area (Å²) in [5.41, 5.74) is 2.34. The van der Waals surface area contributed by atoms with Crippen LogP contribution < -0.4 is 5.32 Å². The molecule has 0 amide bonds. The van der Waals surface area contributed by atoms with Gasteiger partial charge in [0, 0.05) is 5.39 Å². The minimum absolute atomic E-state index is 0.310. The molecular weight excluding hydrogens is 294 g/mol. The normalized spacial score (nSPS) is 16.8. The lowest BCUT2D eigenvalue weighted by Gasteiger charge is -2.32. The van der Waals surface area contributed by atoms with Gasteiger partial charge in [-0.25, -0.2) is 9.97 Å². The van der Waals surface area contributed by atoms with Crippen LogP contribution in [0.25, 0.3) is 10.9 Å². The van der Waals surface area contributed by atoms with Crippen molar-refractivity contribution in [2.24, 2.45) is 5.92 Å². The molecule has 1 atom stereocenters. The molecule has 0 aliphatic heterocycles. The van der Waals surface area contributed by atoms with Gasteiger partial charge in [-0.15, -0.1) is 0 Å². The van der Waals surface area contributed by atoms with Crippen LogP contribution in [0, 0.1) is 5.92 Å². The van der Waals surface area contributed by atoms with Crippen LogP contribution in [0.1, 0.15) is 43.7 Å². The molecule has 0 radical (unpaired) electrons. The zero-order valence-electron chi connectivity index (χ0n) is 13.9. The summed E-state index contributed by atoms with van der Waals surface area (Å²) in [6.45, 7) is 0. The van der Waals surface area contributed by atoms with E-state index >= 15 is 0 Å². The number of nitrogens with zero attached hydrogens (tertiary/aromatic N) is 2. The largest absolute Gasteiger partial charge is 0.362 e. The van der Waals surface area contributed by atoms with E-state index in [1.807, 2.05) is 12.1 Å². The van der Waals surface area contributed by atoms with Crippen LogP contribution in [-0.4, -0.2) is 9.97 Å². The maximum Gasteiger partial charge on any atom is 0.137 e. The van der Waals surface area contributed by atoms with Crippen LogP contribution in [-0.2, 0) is 0 Å². The Balaban J connectivity index is 1.70. The molecule has 1 fully saturated rings. The van der Waals surface area contributed by atoms with Crippen LogP contribution >= 0.6 is 0 Å². The maximum absolute atomic E-state index is 4.54. The van der Waals surface area contributed by atoms with Gasteiger partial charge in [0.1, 0.15) is 12.1 Å². The third-order valence-electron chi connectivity index (χ3n) is 5.11. The molecule has 1 heterocycles. The first kappa shape index (κ1) is 15.1. The quantitative estimate of drug-likeness (QED) is 0.703. The number of para-hydroxylation sites is 1. The molecule has 3 aromatic rings. The lowest BCUT2D eigenvalue weighted by atomic mass is 9.81. The molecule has 0 bridgehead atoms. The molecule has 4 rings (SSSR count). The van der Waals surface area contributed by atoms with Crippen molar-refractivity contribution in [3.05, 3.63) is 66.5 Å². The number of hydrogen-bond acceptors (Lipinski definition) is 3. The fraction of sp³-hybridized carbons (Fsp3) is 0.333. The SMILES string of the molecule is c1ccc(C(Nc2ncnc3ccccc23)C2CCCCC2)cc1. The zero-order chi connectivity index (χ0) is 16.2. The number of fused-ring (bicyclic) bond motifs is 1. The maximum atomic E-state index is 4.54. The minimum atomic E-state index is 0.310. The second-order valence-electron chi connectivity index (χ2n) is 6.67. The Bertz CT molecular complexity index is 789. The third-order valence-corrected chi connectivity index (χ3v) is 5.11. The van der Waals surface area contributed by atoms with Crippen molar-refractivity contribution in [3.63, 3.8) is 0 Å². The second-order valence-corrected chi connectivity index (χ2v) is 6.67. The van der Waals surface area contributed by atoms with E-state index in [2.05, 4.69) is 57.7 Å². The van der Waals surface area contributed by atoms with Crippen molar-refractivity contribution < 1.29 is 0 Å². The Hall–Kier alpha value is -2.42. The Morgan fingerprint density at radius 3 is 2.42 bits per heavy atom. The van der Waals surface area contributed by atoms with Gasteiger partial charge in [0.2, 0.25) is 0 Å². The van der Waals surface area contributed by atoms with Crippen LogP contribution in [0.5, 0.6) is 0 Å². The Labute approximate surface area is 143 Å². The van der Waals surface area contributed by atoms with E-state index in [4.69, 9.17) is 0 Å². The molecule has 1 saturated carbocycles. The Morgan fingerprint density at radius 2 is 1.58 bits per heavy atom. The van der Waals surface area contributed by atoms with Crippen molar-refractivity contribution in [2.75, 3.05) is 5.32 Å². The summed E-state index contributed by atoms with van der Waals surface area (Å²) in [7, 11) is 0. The van der Waals surface area contributed by atoms with E-state index in [-0.39, 0.29) is 0 Å². The highest BCUT2D eigenvalue weighted by Crippen LogP contribution is 2.37. The number of hydrogen-bond donors (Lipinski definition) is 1. The summed E-state index contributed by atoms with van der Waals surface area (Å²) in [5.74, 6) is 1.61. The van der Waals surface area contributed by atoms with Crippen molar-refractivity contribution in [2.45, 2.75) is 38.1 Å². The third kappa shape index (κ3) is 3.12. The summed E-state index contributed by atoms with van der Waals surface area (Å²) >= 11 is 0. The summed E-state index contributed by atoms with van der Waals surface area (Å²) in [6, 6.07) is 19.3. The highest BCUT2D eigenvalue weighted by Gasteiger charge is 2.25. The summed E-state index contributed by atoms with van der Waals surface area (Å²) in [5, 5.41) is 4.85. The summed E-state index contributed by atoms with van der Waals surface area (Å²) in [4.78, 5) is 8.93. The Morgan fingerprint density at radius 1 is 0.833 bits per heavy atom. The number of nitrogens with one attached hydrogen (secondary N) is 1. The van der Waals surface area contributed by atoms with Gasteiger partial charge >= 0.3 is 0 Å². The monoisotopic (exact) mass is 317 g/mol. The molecule has 3 nitrogen and oxygen atoms in total. The van der Waals surface area contributed by atoms with E-state index in [0.717, 1.165) is 16.7 Å².